The first-order valence-electron chi connectivity index (χ1n) is 10.1. The number of carbonyl (C=O) groups is 1. The molecule has 1 unspecified atom stereocenters. The van der Waals surface area contributed by atoms with Gasteiger partial charge in [-0.05, 0) is 65.0 Å². The number of pyridine rings is 1. The van der Waals surface area contributed by atoms with Gasteiger partial charge in [0.05, 0.1) is 15.8 Å². The molecule has 1 atom stereocenters. The first-order valence-corrected chi connectivity index (χ1v) is 10.9. The molecule has 4 nitrogen and oxygen atoms in total. The second-order valence-electron chi connectivity index (χ2n) is 8.84. The van der Waals surface area contributed by atoms with Crippen LogP contribution in [0.4, 0.5) is 0 Å². The molecule has 0 saturated heterocycles. The van der Waals surface area contributed by atoms with Crippen molar-refractivity contribution in [3.63, 3.8) is 0 Å². The number of carboxylic acid groups (broad SMARTS) is 1. The van der Waals surface area contributed by atoms with Gasteiger partial charge in [-0.3, -0.25) is 4.98 Å². The molecule has 0 saturated carbocycles. The maximum absolute atomic E-state index is 12.3. The summed E-state index contributed by atoms with van der Waals surface area (Å²) in [5.74, 6) is -0.985. The lowest BCUT2D eigenvalue weighted by Gasteiger charge is -2.27. The number of aromatic nitrogens is 1. The van der Waals surface area contributed by atoms with E-state index in [1.54, 1.807) is 11.3 Å². The molecule has 1 aliphatic rings. The van der Waals surface area contributed by atoms with Gasteiger partial charge in [0.1, 0.15) is 0 Å². The highest BCUT2D eigenvalue weighted by Crippen LogP contribution is 2.46. The molecule has 1 aromatic carbocycles. The summed E-state index contributed by atoms with van der Waals surface area (Å²) in [4.78, 5) is 18.6. The quantitative estimate of drug-likeness (QED) is 0.573. The summed E-state index contributed by atoms with van der Waals surface area (Å²) in [6.45, 7) is 9.62. The fraction of sp³-hybridized carbons (Fsp3) is 0.417. The van der Waals surface area contributed by atoms with E-state index in [0.717, 1.165) is 39.9 Å². The number of aliphatic carboxylic acids is 1. The van der Waals surface area contributed by atoms with Crippen molar-refractivity contribution in [2.75, 3.05) is 0 Å². The third-order valence-corrected chi connectivity index (χ3v) is 6.66. The van der Waals surface area contributed by atoms with Crippen LogP contribution in [0.25, 0.3) is 21.3 Å². The van der Waals surface area contributed by atoms with Crippen LogP contribution in [0.1, 0.15) is 60.6 Å². The Bertz CT molecular complexity index is 1090. The Kier molecular flexibility index (Phi) is 4.99. The molecule has 1 aliphatic carbocycles. The molecular formula is C24H27NO3S. The Balaban J connectivity index is 2.05. The van der Waals surface area contributed by atoms with Gasteiger partial charge in [0.15, 0.2) is 6.10 Å². The van der Waals surface area contributed by atoms with Crippen LogP contribution in [0, 0.1) is 13.8 Å². The Hall–Kier alpha value is -2.24. The van der Waals surface area contributed by atoms with Gasteiger partial charge in [-0.1, -0.05) is 29.8 Å². The van der Waals surface area contributed by atoms with E-state index in [-0.39, 0.29) is 0 Å². The molecule has 152 valence electrons. The number of rotatable bonds is 4. The summed E-state index contributed by atoms with van der Waals surface area (Å²) in [6, 6.07) is 8.30. The van der Waals surface area contributed by atoms with E-state index >= 15 is 0 Å². The van der Waals surface area contributed by atoms with Crippen LogP contribution in [0.15, 0.2) is 24.3 Å². The molecule has 2 heterocycles. The van der Waals surface area contributed by atoms with Crippen molar-refractivity contribution >= 4 is 27.5 Å². The summed E-state index contributed by atoms with van der Waals surface area (Å²) >= 11 is 1.77. The second-order valence-corrected chi connectivity index (χ2v) is 9.94. The molecule has 3 aromatic rings. The number of hydrogen-bond donors (Lipinski definition) is 1. The van der Waals surface area contributed by atoms with Crippen molar-refractivity contribution in [2.45, 2.75) is 65.6 Å². The largest absolute Gasteiger partial charge is 0.479 e. The molecule has 0 aliphatic heterocycles. The minimum absolute atomic E-state index is 0.591. The third-order valence-electron chi connectivity index (χ3n) is 5.36. The van der Waals surface area contributed by atoms with Gasteiger partial charge >= 0.3 is 5.97 Å². The van der Waals surface area contributed by atoms with Crippen LogP contribution in [0.5, 0.6) is 0 Å². The highest BCUT2D eigenvalue weighted by molar-refractivity contribution is 7.19. The van der Waals surface area contributed by atoms with Crippen molar-refractivity contribution in [3.8, 4) is 11.1 Å². The van der Waals surface area contributed by atoms with E-state index in [4.69, 9.17) is 9.72 Å². The lowest BCUT2D eigenvalue weighted by Crippen LogP contribution is -2.28. The van der Waals surface area contributed by atoms with Crippen LogP contribution >= 0.6 is 11.3 Å². The number of carboxylic acids is 1. The zero-order valence-electron chi connectivity index (χ0n) is 17.6. The molecule has 0 bridgehead atoms. The van der Waals surface area contributed by atoms with Crippen LogP contribution < -0.4 is 0 Å². The standard InChI is InChI=1S/C24H27NO3S/c1-13-9-11-15(12-10-13)19-18(21(23(26)27)28-24(3,4)5)14(2)25-20-16-7-6-8-17(16)29-22(19)20/h9-12,21H,6-8H2,1-5H3,(H,26,27). The number of benzene rings is 1. The topological polar surface area (TPSA) is 59.4 Å². The van der Waals surface area contributed by atoms with Crippen LogP contribution in [-0.4, -0.2) is 21.7 Å². The number of thiophene rings is 1. The monoisotopic (exact) mass is 409 g/mol. The van der Waals surface area contributed by atoms with Gasteiger partial charge in [0.2, 0.25) is 0 Å². The maximum atomic E-state index is 12.3. The van der Waals surface area contributed by atoms with E-state index < -0.39 is 17.7 Å². The van der Waals surface area contributed by atoms with Crippen LogP contribution in [-0.2, 0) is 22.4 Å². The van der Waals surface area contributed by atoms with E-state index in [1.165, 1.54) is 22.4 Å². The average Bonchev–Trinajstić information content (AvgIpc) is 3.21. The molecule has 0 spiro atoms. The Morgan fingerprint density at radius 3 is 2.48 bits per heavy atom. The van der Waals surface area contributed by atoms with Gasteiger partial charge in [-0.15, -0.1) is 11.3 Å². The second kappa shape index (κ2) is 7.22. The fourth-order valence-corrected chi connectivity index (χ4v) is 5.53. The molecule has 0 radical (unpaired) electrons. The number of hydrogen-bond acceptors (Lipinski definition) is 4. The van der Waals surface area contributed by atoms with Crippen LogP contribution in [0.3, 0.4) is 0 Å². The van der Waals surface area contributed by atoms with Crippen molar-refractivity contribution in [1.82, 2.24) is 4.98 Å². The van der Waals surface area contributed by atoms with E-state index in [2.05, 4.69) is 31.2 Å². The van der Waals surface area contributed by atoms with Crippen molar-refractivity contribution in [2.24, 2.45) is 0 Å². The average molecular weight is 410 g/mol. The predicted molar refractivity (Wildman–Crippen MR) is 118 cm³/mol. The Morgan fingerprint density at radius 1 is 1.17 bits per heavy atom. The summed E-state index contributed by atoms with van der Waals surface area (Å²) in [7, 11) is 0. The van der Waals surface area contributed by atoms with Crippen molar-refractivity contribution in [3.05, 3.63) is 51.5 Å². The molecule has 0 fully saturated rings. The summed E-state index contributed by atoms with van der Waals surface area (Å²) in [5.41, 5.74) is 6.35. The first kappa shape index (κ1) is 20.0. The first-order chi connectivity index (χ1) is 13.7. The lowest BCUT2D eigenvalue weighted by molar-refractivity contribution is -0.160. The summed E-state index contributed by atoms with van der Waals surface area (Å²) < 4.78 is 7.13. The summed E-state index contributed by atoms with van der Waals surface area (Å²) in [6.07, 6.45) is 2.23. The number of ether oxygens (including phenoxy) is 1. The van der Waals surface area contributed by atoms with E-state index in [0.29, 0.717) is 5.56 Å². The SMILES string of the molecule is Cc1ccc(-c2c(C(OC(C)(C)C)C(=O)O)c(C)nc3c4c(sc23)CCC4)cc1. The maximum Gasteiger partial charge on any atom is 0.337 e. The zero-order chi connectivity index (χ0) is 20.9. The molecule has 5 heteroatoms. The van der Waals surface area contributed by atoms with Gasteiger partial charge < -0.3 is 9.84 Å². The van der Waals surface area contributed by atoms with Crippen LogP contribution in [0.2, 0.25) is 0 Å². The van der Waals surface area contributed by atoms with Gasteiger partial charge in [-0.25, -0.2) is 4.79 Å². The third kappa shape index (κ3) is 3.69. The number of aryl methyl sites for hydroxylation is 4. The number of nitrogens with zero attached hydrogens (tertiary/aromatic N) is 1. The van der Waals surface area contributed by atoms with E-state index in [9.17, 15) is 9.90 Å². The Labute approximate surface area is 175 Å². The minimum Gasteiger partial charge on any atom is -0.479 e. The Morgan fingerprint density at radius 2 is 1.86 bits per heavy atom. The molecule has 4 rings (SSSR count). The molecule has 29 heavy (non-hydrogen) atoms. The smallest absolute Gasteiger partial charge is 0.337 e. The molecule has 1 N–H and O–H groups in total. The zero-order valence-corrected chi connectivity index (χ0v) is 18.4. The number of fused-ring (bicyclic) bond motifs is 3. The fourth-order valence-electron chi connectivity index (χ4n) is 4.12. The minimum atomic E-state index is -1.07. The van der Waals surface area contributed by atoms with E-state index in [1.807, 2.05) is 27.7 Å². The highest BCUT2D eigenvalue weighted by Gasteiger charge is 2.33. The van der Waals surface area contributed by atoms with Gasteiger partial charge in [0.25, 0.3) is 0 Å². The molecular weight excluding hydrogens is 382 g/mol. The van der Waals surface area contributed by atoms with Gasteiger partial charge in [-0.2, -0.15) is 0 Å². The van der Waals surface area contributed by atoms with Crippen molar-refractivity contribution < 1.29 is 14.6 Å². The summed E-state index contributed by atoms with van der Waals surface area (Å²) in [5, 5.41) is 10.1. The molecule has 2 aromatic heterocycles. The van der Waals surface area contributed by atoms with Gasteiger partial charge in [0, 0.05) is 21.7 Å². The highest BCUT2D eigenvalue weighted by atomic mass is 32.1. The molecule has 0 amide bonds. The predicted octanol–water partition coefficient (Wildman–Crippen LogP) is 6.01. The lowest BCUT2D eigenvalue weighted by atomic mass is 9.93. The van der Waals surface area contributed by atoms with Crippen molar-refractivity contribution in [1.29, 1.82) is 0 Å². The normalized spacial score (nSPS) is 14.9.